The highest BCUT2D eigenvalue weighted by atomic mass is 16.5. The van der Waals surface area contributed by atoms with E-state index in [0.29, 0.717) is 12.8 Å². The number of carbonyl (C=O) groups is 1. The molecule has 0 unspecified atom stereocenters. The highest BCUT2D eigenvalue weighted by Crippen LogP contribution is 2.29. The zero-order chi connectivity index (χ0) is 13.6. The number of ether oxygens (including phenoxy) is 1. The zero-order valence-corrected chi connectivity index (χ0v) is 11.0. The van der Waals surface area contributed by atoms with E-state index in [4.69, 9.17) is 4.74 Å². The van der Waals surface area contributed by atoms with Crippen LogP contribution in [0.1, 0.15) is 37.7 Å². The quantitative estimate of drug-likeness (QED) is 0.847. The topological polar surface area (TPSA) is 46.5 Å². The van der Waals surface area contributed by atoms with E-state index in [-0.39, 0.29) is 6.61 Å². The fourth-order valence-corrected chi connectivity index (χ4v) is 2.35. The van der Waals surface area contributed by atoms with E-state index in [1.54, 1.807) is 6.08 Å². The molecule has 0 saturated heterocycles. The number of hydrogen-bond donors (Lipinski definition) is 1. The molecule has 2 rings (SSSR count). The number of rotatable bonds is 4. The van der Waals surface area contributed by atoms with Gasteiger partial charge >= 0.3 is 5.97 Å². The molecular formula is C16H20O3. The van der Waals surface area contributed by atoms with Crippen LogP contribution in [0.25, 0.3) is 6.08 Å². The SMILES string of the molecule is O=C(OC/C=C/c1ccccc1)C1(O)CCCCC1. The van der Waals surface area contributed by atoms with Crippen LogP contribution < -0.4 is 0 Å². The zero-order valence-electron chi connectivity index (χ0n) is 11.0. The summed E-state index contributed by atoms with van der Waals surface area (Å²) in [6.45, 7) is 0.204. The van der Waals surface area contributed by atoms with Gasteiger partial charge in [-0.3, -0.25) is 0 Å². The van der Waals surface area contributed by atoms with Gasteiger partial charge in [0.1, 0.15) is 6.61 Å². The Bertz CT molecular complexity index is 431. The van der Waals surface area contributed by atoms with Gasteiger partial charge in [0.25, 0.3) is 0 Å². The van der Waals surface area contributed by atoms with Gasteiger partial charge in [-0.25, -0.2) is 4.79 Å². The Labute approximate surface area is 113 Å². The second-order valence-electron chi connectivity index (χ2n) is 5.00. The summed E-state index contributed by atoms with van der Waals surface area (Å²) in [6.07, 6.45) is 7.61. The van der Waals surface area contributed by atoms with Crippen molar-refractivity contribution >= 4 is 12.0 Å². The molecule has 0 bridgehead atoms. The van der Waals surface area contributed by atoms with Crippen LogP contribution in [-0.4, -0.2) is 23.3 Å². The Morgan fingerprint density at radius 2 is 1.89 bits per heavy atom. The van der Waals surface area contributed by atoms with Crippen molar-refractivity contribution in [2.24, 2.45) is 0 Å². The molecule has 0 spiro atoms. The fraction of sp³-hybridized carbons (Fsp3) is 0.438. The van der Waals surface area contributed by atoms with Crippen LogP contribution in [0, 0.1) is 0 Å². The molecule has 1 aromatic rings. The smallest absolute Gasteiger partial charge is 0.338 e. The molecule has 0 aromatic heterocycles. The summed E-state index contributed by atoms with van der Waals surface area (Å²) in [5.74, 6) is -0.482. The van der Waals surface area contributed by atoms with Crippen molar-refractivity contribution < 1.29 is 14.6 Å². The molecule has 1 N–H and O–H groups in total. The maximum Gasteiger partial charge on any atom is 0.338 e. The average molecular weight is 260 g/mol. The lowest BCUT2D eigenvalue weighted by Gasteiger charge is -2.29. The van der Waals surface area contributed by atoms with Gasteiger partial charge in [0.15, 0.2) is 5.60 Å². The molecular weight excluding hydrogens is 240 g/mol. The minimum Gasteiger partial charge on any atom is -0.459 e. The predicted octanol–water partition coefficient (Wildman–Crippen LogP) is 2.94. The van der Waals surface area contributed by atoms with Crippen molar-refractivity contribution in [2.75, 3.05) is 6.61 Å². The van der Waals surface area contributed by atoms with E-state index in [0.717, 1.165) is 24.8 Å². The molecule has 0 aliphatic heterocycles. The fourth-order valence-electron chi connectivity index (χ4n) is 2.35. The number of aliphatic hydroxyl groups is 1. The molecule has 1 aromatic carbocycles. The molecule has 0 radical (unpaired) electrons. The minimum atomic E-state index is -1.25. The van der Waals surface area contributed by atoms with Gasteiger partial charge < -0.3 is 9.84 Å². The minimum absolute atomic E-state index is 0.204. The van der Waals surface area contributed by atoms with Crippen molar-refractivity contribution in [3.63, 3.8) is 0 Å². The Hall–Kier alpha value is -1.61. The summed E-state index contributed by atoms with van der Waals surface area (Å²) in [6, 6.07) is 9.82. The van der Waals surface area contributed by atoms with E-state index in [2.05, 4.69) is 0 Å². The lowest BCUT2D eigenvalue weighted by molar-refractivity contribution is -0.167. The highest BCUT2D eigenvalue weighted by molar-refractivity contribution is 5.79. The molecule has 1 fully saturated rings. The van der Waals surface area contributed by atoms with E-state index >= 15 is 0 Å². The van der Waals surface area contributed by atoms with Crippen LogP contribution in [-0.2, 0) is 9.53 Å². The van der Waals surface area contributed by atoms with Crippen LogP contribution in [0.4, 0.5) is 0 Å². The van der Waals surface area contributed by atoms with E-state index in [9.17, 15) is 9.90 Å². The monoisotopic (exact) mass is 260 g/mol. The summed E-state index contributed by atoms with van der Waals surface area (Å²) in [7, 11) is 0. The molecule has 0 amide bonds. The van der Waals surface area contributed by atoms with Gasteiger partial charge in [0.2, 0.25) is 0 Å². The van der Waals surface area contributed by atoms with Crippen LogP contribution in [0.5, 0.6) is 0 Å². The number of esters is 1. The largest absolute Gasteiger partial charge is 0.459 e. The number of carbonyl (C=O) groups excluding carboxylic acids is 1. The maximum atomic E-state index is 11.8. The normalized spacial score (nSPS) is 18.4. The highest BCUT2D eigenvalue weighted by Gasteiger charge is 2.38. The molecule has 0 heterocycles. The number of benzene rings is 1. The first-order valence-corrected chi connectivity index (χ1v) is 6.82. The Morgan fingerprint density at radius 3 is 2.58 bits per heavy atom. The summed E-state index contributed by atoms with van der Waals surface area (Å²) in [5.41, 5.74) is -0.186. The van der Waals surface area contributed by atoms with Crippen LogP contribution in [0.2, 0.25) is 0 Å². The molecule has 1 saturated carbocycles. The van der Waals surface area contributed by atoms with Crippen molar-refractivity contribution in [2.45, 2.75) is 37.7 Å². The lowest BCUT2D eigenvalue weighted by atomic mass is 9.85. The molecule has 3 heteroatoms. The third-order valence-corrected chi connectivity index (χ3v) is 3.48. The molecule has 1 aliphatic rings. The van der Waals surface area contributed by atoms with Crippen molar-refractivity contribution in [1.29, 1.82) is 0 Å². The maximum absolute atomic E-state index is 11.8. The second-order valence-corrected chi connectivity index (χ2v) is 5.00. The van der Waals surface area contributed by atoms with Gasteiger partial charge in [0.05, 0.1) is 0 Å². The summed E-state index contributed by atoms with van der Waals surface area (Å²) >= 11 is 0. The van der Waals surface area contributed by atoms with E-state index in [1.807, 2.05) is 36.4 Å². The Balaban J connectivity index is 1.79. The van der Waals surface area contributed by atoms with Gasteiger partial charge in [-0.2, -0.15) is 0 Å². The first-order valence-electron chi connectivity index (χ1n) is 6.82. The van der Waals surface area contributed by atoms with Crippen LogP contribution in [0.15, 0.2) is 36.4 Å². The average Bonchev–Trinajstić information content (AvgIpc) is 2.45. The predicted molar refractivity (Wildman–Crippen MR) is 74.5 cm³/mol. The Morgan fingerprint density at radius 1 is 1.21 bits per heavy atom. The van der Waals surface area contributed by atoms with Crippen LogP contribution in [0.3, 0.4) is 0 Å². The first kappa shape index (κ1) is 13.8. The van der Waals surface area contributed by atoms with Gasteiger partial charge in [-0.05, 0) is 37.3 Å². The molecule has 3 nitrogen and oxygen atoms in total. The summed E-state index contributed by atoms with van der Waals surface area (Å²) < 4.78 is 5.13. The number of hydrogen-bond acceptors (Lipinski definition) is 3. The Kier molecular flexibility index (Phi) is 4.74. The third kappa shape index (κ3) is 3.93. The summed E-state index contributed by atoms with van der Waals surface area (Å²) in [5, 5.41) is 10.2. The first-order chi connectivity index (χ1) is 9.21. The third-order valence-electron chi connectivity index (χ3n) is 3.48. The van der Waals surface area contributed by atoms with E-state index < -0.39 is 11.6 Å². The second kappa shape index (κ2) is 6.53. The summed E-state index contributed by atoms with van der Waals surface area (Å²) in [4.78, 5) is 11.8. The molecule has 0 atom stereocenters. The van der Waals surface area contributed by atoms with E-state index in [1.165, 1.54) is 0 Å². The molecule has 102 valence electrons. The van der Waals surface area contributed by atoms with Crippen molar-refractivity contribution in [1.82, 2.24) is 0 Å². The lowest BCUT2D eigenvalue weighted by Crippen LogP contribution is -2.41. The van der Waals surface area contributed by atoms with Crippen LogP contribution >= 0.6 is 0 Å². The van der Waals surface area contributed by atoms with Gasteiger partial charge in [0, 0.05) is 0 Å². The molecule has 19 heavy (non-hydrogen) atoms. The van der Waals surface area contributed by atoms with Crippen molar-refractivity contribution in [3.05, 3.63) is 42.0 Å². The van der Waals surface area contributed by atoms with Crippen molar-refractivity contribution in [3.8, 4) is 0 Å². The standard InChI is InChI=1S/C16H20O3/c17-15(16(18)11-5-2-6-12-16)19-13-7-10-14-8-3-1-4-9-14/h1,3-4,7-10,18H,2,5-6,11-13H2/b10-7+. The van der Waals surface area contributed by atoms with Gasteiger partial charge in [-0.1, -0.05) is 42.8 Å². The molecule has 1 aliphatic carbocycles. The van der Waals surface area contributed by atoms with Gasteiger partial charge in [-0.15, -0.1) is 0 Å².